The molecule has 152 valence electrons. The number of sulfone groups is 1. The quantitative estimate of drug-likeness (QED) is 0.675. The van der Waals surface area contributed by atoms with E-state index in [-0.39, 0.29) is 15.7 Å². The molecule has 0 saturated carbocycles. The van der Waals surface area contributed by atoms with E-state index in [1.807, 2.05) is 18.2 Å². The van der Waals surface area contributed by atoms with Crippen molar-refractivity contribution in [1.29, 1.82) is 0 Å². The Kier molecular flexibility index (Phi) is 5.08. The van der Waals surface area contributed by atoms with Gasteiger partial charge in [-0.05, 0) is 61.7 Å². The number of nitrogens with one attached hydrogen (secondary N) is 1. The zero-order valence-electron chi connectivity index (χ0n) is 15.4. The van der Waals surface area contributed by atoms with Crippen LogP contribution < -0.4 is 5.32 Å². The summed E-state index contributed by atoms with van der Waals surface area (Å²) < 4.78 is 66.2. The Morgan fingerprint density at radius 3 is 2.45 bits per heavy atom. The lowest BCUT2D eigenvalue weighted by Gasteiger charge is -2.26. The molecule has 1 N–H and O–H groups in total. The molecular weight excluding hydrogens is 401 g/mol. The molecule has 1 fully saturated rings. The molecule has 8 heteroatoms. The normalized spacial score (nSPS) is 16.2. The van der Waals surface area contributed by atoms with Gasteiger partial charge >= 0.3 is 6.18 Å². The van der Waals surface area contributed by atoms with Crippen LogP contribution in [0, 0.1) is 0 Å². The van der Waals surface area contributed by atoms with Gasteiger partial charge in [0, 0.05) is 11.6 Å². The van der Waals surface area contributed by atoms with Crippen LogP contribution in [0.3, 0.4) is 0 Å². The van der Waals surface area contributed by atoms with Gasteiger partial charge in [0.2, 0.25) is 9.84 Å². The Morgan fingerprint density at radius 1 is 1.00 bits per heavy atom. The summed E-state index contributed by atoms with van der Waals surface area (Å²) in [6.45, 7) is 1.51. The van der Waals surface area contributed by atoms with Gasteiger partial charge in [-0.25, -0.2) is 8.42 Å². The molecule has 0 radical (unpaired) electrons. The number of piperidine rings is 1. The zero-order chi connectivity index (χ0) is 20.6. The summed E-state index contributed by atoms with van der Waals surface area (Å²) in [5.41, 5.74) is 0.328. The lowest BCUT2D eigenvalue weighted by Crippen LogP contribution is -2.27. The minimum absolute atomic E-state index is 0.0116. The van der Waals surface area contributed by atoms with E-state index >= 15 is 0 Å². The van der Waals surface area contributed by atoms with Crippen molar-refractivity contribution in [3.63, 3.8) is 0 Å². The van der Waals surface area contributed by atoms with Crippen molar-refractivity contribution in [2.24, 2.45) is 0 Å². The number of pyridine rings is 1. The highest BCUT2D eigenvalue weighted by molar-refractivity contribution is 7.91. The number of rotatable bonds is 3. The highest BCUT2D eigenvalue weighted by Crippen LogP contribution is 2.38. The molecule has 2 aromatic carbocycles. The van der Waals surface area contributed by atoms with E-state index in [4.69, 9.17) is 0 Å². The Morgan fingerprint density at radius 2 is 1.72 bits per heavy atom. The molecule has 3 aromatic rings. The van der Waals surface area contributed by atoms with E-state index in [0.29, 0.717) is 17.1 Å². The van der Waals surface area contributed by atoms with E-state index in [9.17, 15) is 21.6 Å². The predicted octanol–water partition coefficient (Wildman–Crippen LogP) is 4.55. The Balaban J connectivity index is 1.93. The maximum absolute atomic E-state index is 13.4. The summed E-state index contributed by atoms with van der Waals surface area (Å²) in [5.74, 6) is -0.0141. The summed E-state index contributed by atoms with van der Waals surface area (Å²) >= 11 is 0. The first-order valence-electron chi connectivity index (χ1n) is 9.29. The van der Waals surface area contributed by atoms with Crippen LogP contribution in [0.25, 0.3) is 10.9 Å². The molecule has 0 spiro atoms. The molecule has 0 atom stereocenters. The minimum atomic E-state index is -4.62. The Labute approximate surface area is 166 Å². The maximum atomic E-state index is 13.4. The van der Waals surface area contributed by atoms with Crippen molar-refractivity contribution >= 4 is 20.7 Å². The average molecular weight is 420 g/mol. The molecule has 0 amide bonds. The molecule has 1 aromatic heterocycles. The van der Waals surface area contributed by atoms with Crippen molar-refractivity contribution in [1.82, 2.24) is 10.3 Å². The van der Waals surface area contributed by atoms with E-state index in [1.54, 1.807) is 6.07 Å². The van der Waals surface area contributed by atoms with E-state index in [0.717, 1.165) is 43.5 Å². The van der Waals surface area contributed by atoms with Crippen molar-refractivity contribution in [3.05, 3.63) is 65.9 Å². The van der Waals surface area contributed by atoms with Crippen molar-refractivity contribution < 1.29 is 21.6 Å². The predicted molar refractivity (Wildman–Crippen MR) is 103 cm³/mol. The number of para-hydroxylation sites is 1. The molecule has 0 aliphatic carbocycles. The average Bonchev–Trinajstić information content (AvgIpc) is 2.73. The molecule has 1 aliphatic rings. The topological polar surface area (TPSA) is 59.1 Å². The van der Waals surface area contributed by atoms with Crippen LogP contribution in [-0.4, -0.2) is 26.5 Å². The number of halogens is 3. The van der Waals surface area contributed by atoms with Crippen molar-refractivity contribution in [2.75, 3.05) is 13.1 Å². The lowest BCUT2D eigenvalue weighted by molar-refractivity contribution is -0.137. The molecule has 4 nitrogen and oxygen atoms in total. The first kappa shape index (κ1) is 19.8. The summed E-state index contributed by atoms with van der Waals surface area (Å²) in [6, 6.07) is 11.1. The van der Waals surface area contributed by atoms with E-state index in [2.05, 4.69) is 10.3 Å². The fourth-order valence-electron chi connectivity index (χ4n) is 3.86. The lowest BCUT2D eigenvalue weighted by atomic mass is 9.88. The van der Waals surface area contributed by atoms with Crippen molar-refractivity contribution in [3.8, 4) is 0 Å². The monoisotopic (exact) mass is 420 g/mol. The number of hydrogen-bond donors (Lipinski definition) is 1. The van der Waals surface area contributed by atoms with Crippen LogP contribution in [0.2, 0.25) is 0 Å². The minimum Gasteiger partial charge on any atom is -0.317 e. The van der Waals surface area contributed by atoms with Crippen LogP contribution in [0.15, 0.2) is 64.5 Å². The number of aromatic nitrogens is 1. The fraction of sp³-hybridized carbons (Fsp3) is 0.286. The van der Waals surface area contributed by atoms with Gasteiger partial charge in [0.25, 0.3) is 0 Å². The Hall–Kier alpha value is -2.45. The van der Waals surface area contributed by atoms with Crippen LogP contribution in [0.4, 0.5) is 13.2 Å². The third-order valence-corrected chi connectivity index (χ3v) is 7.07. The van der Waals surface area contributed by atoms with Crippen LogP contribution >= 0.6 is 0 Å². The van der Waals surface area contributed by atoms with Gasteiger partial charge in [-0.1, -0.05) is 24.3 Å². The number of hydrogen-bond acceptors (Lipinski definition) is 4. The van der Waals surface area contributed by atoms with Gasteiger partial charge in [-0.15, -0.1) is 0 Å². The Bertz CT molecular complexity index is 1150. The summed E-state index contributed by atoms with van der Waals surface area (Å²) in [4.78, 5) is 3.90. The van der Waals surface area contributed by atoms with E-state index in [1.165, 1.54) is 12.3 Å². The van der Waals surface area contributed by atoms with Gasteiger partial charge in [-0.3, -0.25) is 4.98 Å². The van der Waals surface area contributed by atoms with Gasteiger partial charge in [-0.2, -0.15) is 13.2 Å². The molecule has 1 saturated heterocycles. The summed E-state index contributed by atoms with van der Waals surface area (Å²) in [5, 5.41) is 3.99. The second-order valence-electron chi connectivity index (χ2n) is 7.11. The fourth-order valence-corrected chi connectivity index (χ4v) is 5.41. The van der Waals surface area contributed by atoms with E-state index < -0.39 is 21.6 Å². The van der Waals surface area contributed by atoms with Gasteiger partial charge in [0.05, 0.1) is 20.9 Å². The summed E-state index contributed by atoms with van der Waals surface area (Å²) in [6.07, 6.45) is -1.83. The van der Waals surface area contributed by atoms with Crippen molar-refractivity contribution in [2.45, 2.75) is 34.7 Å². The first-order valence-corrected chi connectivity index (χ1v) is 10.8. The van der Waals surface area contributed by atoms with Gasteiger partial charge < -0.3 is 5.32 Å². The SMILES string of the molecule is O=S(=O)(c1cccc(C(F)(F)F)c1)c1cnc2ccccc2c1C1CCNCC1. The highest BCUT2D eigenvalue weighted by atomic mass is 32.2. The van der Waals surface area contributed by atoms with Crippen LogP contribution in [0.5, 0.6) is 0 Å². The smallest absolute Gasteiger partial charge is 0.317 e. The van der Waals surface area contributed by atoms with Gasteiger partial charge in [0.15, 0.2) is 0 Å². The number of alkyl halides is 3. The summed E-state index contributed by atoms with van der Waals surface area (Å²) in [7, 11) is -4.18. The number of fused-ring (bicyclic) bond motifs is 1. The molecule has 29 heavy (non-hydrogen) atoms. The third-order valence-electron chi connectivity index (χ3n) is 5.29. The molecule has 4 rings (SSSR count). The second-order valence-corrected chi connectivity index (χ2v) is 9.02. The zero-order valence-corrected chi connectivity index (χ0v) is 16.2. The second kappa shape index (κ2) is 7.42. The maximum Gasteiger partial charge on any atom is 0.416 e. The molecular formula is C21H19F3N2O2S. The molecule has 2 heterocycles. The number of benzene rings is 2. The van der Waals surface area contributed by atoms with Gasteiger partial charge in [0.1, 0.15) is 0 Å². The molecule has 0 unspecified atom stereocenters. The van der Waals surface area contributed by atoms with Crippen LogP contribution in [0.1, 0.15) is 29.9 Å². The molecule has 1 aliphatic heterocycles. The first-order chi connectivity index (χ1) is 13.8. The number of nitrogens with zero attached hydrogens (tertiary/aromatic N) is 1. The highest BCUT2D eigenvalue weighted by Gasteiger charge is 2.33. The third kappa shape index (κ3) is 3.74. The largest absolute Gasteiger partial charge is 0.416 e. The van der Waals surface area contributed by atoms with Crippen LogP contribution in [-0.2, 0) is 16.0 Å². The molecule has 0 bridgehead atoms. The standard InChI is InChI=1S/C21H19F3N2O2S/c22-21(23,24)15-4-3-5-16(12-15)29(27,28)19-13-26-18-7-2-1-6-17(18)20(19)14-8-10-25-11-9-14/h1-7,12-14,25H,8-11H2.